The lowest BCUT2D eigenvalue weighted by Crippen LogP contribution is -2.09. The fourth-order valence-electron chi connectivity index (χ4n) is 1.73. The number of nitrogens with two attached hydrogens (primary N) is 1. The molecule has 1 heterocycles. The maximum absolute atomic E-state index is 11.0. The summed E-state index contributed by atoms with van der Waals surface area (Å²) in [6.45, 7) is 0.637. The number of anilines is 2. The van der Waals surface area contributed by atoms with E-state index in [-0.39, 0.29) is 11.3 Å². The number of hydrogen-bond donors (Lipinski definition) is 3. The van der Waals surface area contributed by atoms with Gasteiger partial charge < -0.3 is 16.2 Å². The SMILES string of the molecule is Nc1cnc(NCCc2ccc(Cl)cc2)cc1C(=O)O. The van der Waals surface area contributed by atoms with Crippen molar-refractivity contribution in [2.75, 3.05) is 17.6 Å². The second-order valence-corrected chi connectivity index (χ2v) is 4.70. The number of carbonyl (C=O) groups is 1. The van der Waals surface area contributed by atoms with Gasteiger partial charge >= 0.3 is 5.97 Å². The summed E-state index contributed by atoms with van der Waals surface area (Å²) in [7, 11) is 0. The average Bonchev–Trinajstić information content (AvgIpc) is 2.42. The van der Waals surface area contributed by atoms with Crippen LogP contribution in [-0.2, 0) is 6.42 Å². The number of nitrogen functional groups attached to an aromatic ring is 1. The summed E-state index contributed by atoms with van der Waals surface area (Å²) in [5.41, 5.74) is 6.88. The summed E-state index contributed by atoms with van der Waals surface area (Å²) < 4.78 is 0. The molecule has 0 aliphatic rings. The second-order valence-electron chi connectivity index (χ2n) is 4.27. The highest BCUT2D eigenvalue weighted by Crippen LogP contribution is 2.15. The molecule has 1 aromatic carbocycles. The van der Waals surface area contributed by atoms with E-state index < -0.39 is 5.97 Å². The Kier molecular flexibility index (Phi) is 4.42. The number of carboxylic acids is 1. The fourth-order valence-corrected chi connectivity index (χ4v) is 1.86. The Morgan fingerprint density at radius 3 is 2.70 bits per heavy atom. The Balaban J connectivity index is 1.96. The van der Waals surface area contributed by atoms with Crippen molar-refractivity contribution in [2.24, 2.45) is 0 Å². The van der Waals surface area contributed by atoms with E-state index in [0.29, 0.717) is 17.4 Å². The number of rotatable bonds is 5. The Hall–Kier alpha value is -2.27. The van der Waals surface area contributed by atoms with Gasteiger partial charge in [-0.15, -0.1) is 0 Å². The third-order valence-electron chi connectivity index (χ3n) is 2.80. The lowest BCUT2D eigenvalue weighted by atomic mass is 10.1. The van der Waals surface area contributed by atoms with Crippen LogP contribution in [0.15, 0.2) is 36.5 Å². The van der Waals surface area contributed by atoms with Crippen molar-refractivity contribution in [2.45, 2.75) is 6.42 Å². The largest absolute Gasteiger partial charge is 0.478 e. The molecule has 0 fully saturated rings. The van der Waals surface area contributed by atoms with Crippen LogP contribution < -0.4 is 11.1 Å². The number of nitrogens with one attached hydrogen (secondary N) is 1. The molecule has 0 saturated heterocycles. The van der Waals surface area contributed by atoms with E-state index in [1.54, 1.807) is 0 Å². The summed E-state index contributed by atoms with van der Waals surface area (Å²) in [5, 5.41) is 12.7. The van der Waals surface area contributed by atoms with Crippen LogP contribution in [0.3, 0.4) is 0 Å². The maximum Gasteiger partial charge on any atom is 0.337 e. The van der Waals surface area contributed by atoms with Crippen LogP contribution in [0.25, 0.3) is 0 Å². The van der Waals surface area contributed by atoms with Crippen molar-refractivity contribution in [3.05, 3.63) is 52.7 Å². The van der Waals surface area contributed by atoms with Crippen LogP contribution in [-0.4, -0.2) is 22.6 Å². The van der Waals surface area contributed by atoms with Gasteiger partial charge in [-0.25, -0.2) is 9.78 Å². The van der Waals surface area contributed by atoms with E-state index in [4.69, 9.17) is 22.4 Å². The molecule has 0 radical (unpaired) electrons. The van der Waals surface area contributed by atoms with E-state index in [2.05, 4.69) is 10.3 Å². The molecule has 2 aromatic rings. The number of carboxylic acid groups (broad SMARTS) is 1. The zero-order chi connectivity index (χ0) is 14.5. The van der Waals surface area contributed by atoms with Crippen LogP contribution >= 0.6 is 11.6 Å². The van der Waals surface area contributed by atoms with E-state index in [1.165, 1.54) is 12.3 Å². The number of aromatic carboxylic acids is 1. The number of aromatic nitrogens is 1. The van der Waals surface area contributed by atoms with Gasteiger partial charge in [-0.05, 0) is 30.2 Å². The molecule has 104 valence electrons. The molecule has 0 amide bonds. The summed E-state index contributed by atoms with van der Waals surface area (Å²) in [6.07, 6.45) is 2.12. The van der Waals surface area contributed by atoms with E-state index in [9.17, 15) is 4.79 Å². The first kappa shape index (κ1) is 14.1. The maximum atomic E-state index is 11.0. The molecule has 1 aromatic heterocycles. The molecule has 0 saturated carbocycles. The number of halogens is 1. The van der Waals surface area contributed by atoms with Gasteiger partial charge in [0.05, 0.1) is 17.4 Å². The minimum absolute atomic E-state index is 0.0500. The van der Waals surface area contributed by atoms with Crippen LogP contribution in [0.5, 0.6) is 0 Å². The predicted octanol–water partition coefficient (Wildman–Crippen LogP) is 2.67. The first-order valence-corrected chi connectivity index (χ1v) is 6.41. The van der Waals surface area contributed by atoms with Crippen molar-refractivity contribution in [3.8, 4) is 0 Å². The van der Waals surface area contributed by atoms with Crippen molar-refractivity contribution in [1.82, 2.24) is 4.98 Å². The molecule has 0 unspecified atom stereocenters. The molecular weight excluding hydrogens is 278 g/mol. The Morgan fingerprint density at radius 1 is 1.35 bits per heavy atom. The molecule has 20 heavy (non-hydrogen) atoms. The van der Waals surface area contributed by atoms with E-state index in [0.717, 1.165) is 12.0 Å². The summed E-state index contributed by atoms with van der Waals surface area (Å²) in [4.78, 5) is 15.0. The van der Waals surface area contributed by atoms with Crippen molar-refractivity contribution >= 4 is 29.1 Å². The quantitative estimate of drug-likeness (QED) is 0.788. The molecule has 4 N–H and O–H groups in total. The summed E-state index contributed by atoms with van der Waals surface area (Å²) in [5.74, 6) is -0.573. The third-order valence-corrected chi connectivity index (χ3v) is 3.05. The molecular formula is C14H14ClN3O2. The number of hydrogen-bond acceptors (Lipinski definition) is 4. The van der Waals surface area contributed by atoms with Crippen LogP contribution in [0, 0.1) is 0 Å². The average molecular weight is 292 g/mol. The van der Waals surface area contributed by atoms with Crippen LogP contribution in [0.2, 0.25) is 5.02 Å². The lowest BCUT2D eigenvalue weighted by molar-refractivity contribution is 0.0698. The molecule has 0 atom stereocenters. The zero-order valence-electron chi connectivity index (χ0n) is 10.6. The van der Waals surface area contributed by atoms with Crippen molar-refractivity contribution in [1.29, 1.82) is 0 Å². The van der Waals surface area contributed by atoms with Gasteiger partial charge in [0.25, 0.3) is 0 Å². The Bertz CT molecular complexity index is 614. The van der Waals surface area contributed by atoms with Gasteiger partial charge in [-0.2, -0.15) is 0 Å². The Labute approximate surface area is 121 Å². The molecule has 2 rings (SSSR count). The minimum Gasteiger partial charge on any atom is -0.478 e. The van der Waals surface area contributed by atoms with Crippen LogP contribution in [0.1, 0.15) is 15.9 Å². The molecule has 6 heteroatoms. The number of benzene rings is 1. The number of nitrogens with zero attached hydrogens (tertiary/aromatic N) is 1. The zero-order valence-corrected chi connectivity index (χ0v) is 11.4. The predicted molar refractivity (Wildman–Crippen MR) is 79.3 cm³/mol. The van der Waals surface area contributed by atoms with E-state index >= 15 is 0 Å². The first-order valence-electron chi connectivity index (χ1n) is 6.03. The highest BCUT2D eigenvalue weighted by atomic mass is 35.5. The smallest absolute Gasteiger partial charge is 0.337 e. The minimum atomic E-state index is -1.06. The molecule has 0 aliphatic heterocycles. The molecule has 0 spiro atoms. The lowest BCUT2D eigenvalue weighted by Gasteiger charge is -2.08. The second kappa shape index (κ2) is 6.25. The summed E-state index contributed by atoms with van der Waals surface area (Å²) in [6, 6.07) is 8.99. The summed E-state index contributed by atoms with van der Waals surface area (Å²) >= 11 is 5.81. The van der Waals surface area contributed by atoms with Crippen molar-refractivity contribution < 1.29 is 9.90 Å². The van der Waals surface area contributed by atoms with Crippen LogP contribution in [0.4, 0.5) is 11.5 Å². The number of pyridine rings is 1. The highest BCUT2D eigenvalue weighted by molar-refractivity contribution is 6.30. The normalized spacial score (nSPS) is 10.2. The molecule has 0 bridgehead atoms. The van der Waals surface area contributed by atoms with Gasteiger partial charge in [-0.3, -0.25) is 0 Å². The van der Waals surface area contributed by atoms with Gasteiger partial charge in [0.15, 0.2) is 0 Å². The van der Waals surface area contributed by atoms with Gasteiger partial charge in [0.2, 0.25) is 0 Å². The topological polar surface area (TPSA) is 88.2 Å². The van der Waals surface area contributed by atoms with E-state index in [1.807, 2.05) is 24.3 Å². The van der Waals surface area contributed by atoms with Gasteiger partial charge in [0.1, 0.15) is 5.82 Å². The molecule has 5 nitrogen and oxygen atoms in total. The highest BCUT2D eigenvalue weighted by Gasteiger charge is 2.09. The van der Waals surface area contributed by atoms with Gasteiger partial charge in [0, 0.05) is 11.6 Å². The third kappa shape index (κ3) is 3.61. The van der Waals surface area contributed by atoms with Gasteiger partial charge in [-0.1, -0.05) is 23.7 Å². The monoisotopic (exact) mass is 291 g/mol. The van der Waals surface area contributed by atoms with Crippen molar-refractivity contribution in [3.63, 3.8) is 0 Å². The standard InChI is InChI=1S/C14H14ClN3O2/c15-10-3-1-9(2-4-10)5-6-17-13-7-11(14(19)20)12(16)8-18-13/h1-4,7-8H,5-6,16H2,(H,17,18)(H,19,20). The molecule has 0 aliphatic carbocycles. The fraction of sp³-hybridized carbons (Fsp3) is 0.143. The first-order chi connectivity index (χ1) is 9.56. The Morgan fingerprint density at radius 2 is 2.05 bits per heavy atom.